The van der Waals surface area contributed by atoms with Gasteiger partial charge in [-0.25, -0.2) is 4.39 Å². The minimum atomic E-state index is -0.744. The predicted octanol–water partition coefficient (Wildman–Crippen LogP) is 1.31. The lowest BCUT2D eigenvalue weighted by Crippen LogP contribution is -2.53. The van der Waals surface area contributed by atoms with Crippen molar-refractivity contribution in [3.05, 3.63) is 41.4 Å². The summed E-state index contributed by atoms with van der Waals surface area (Å²) in [6.07, 6.45) is 1.26. The van der Waals surface area contributed by atoms with Crippen LogP contribution in [-0.2, 0) is 10.2 Å². The summed E-state index contributed by atoms with van der Waals surface area (Å²) in [5.41, 5.74) is 8.03. The van der Waals surface area contributed by atoms with E-state index < -0.39 is 23.0 Å². The van der Waals surface area contributed by atoms with E-state index in [1.54, 1.807) is 6.92 Å². The maximum atomic E-state index is 14.3. The van der Waals surface area contributed by atoms with E-state index in [0.717, 1.165) is 0 Å². The average Bonchev–Trinajstić information content (AvgIpc) is 2.70. The second-order valence-corrected chi connectivity index (χ2v) is 6.97. The largest absolute Gasteiger partial charge is 0.503 e. The normalized spacial score (nSPS) is 26.5. The number of phenolic OH excluding ortho intramolecular Hbond substituents is 1. The first-order valence-corrected chi connectivity index (χ1v) is 7.87. The molecule has 1 amide bonds. The number of anilines is 1. The smallest absolute Gasteiger partial charge is 0.246 e. The van der Waals surface area contributed by atoms with Crippen LogP contribution in [0.2, 0.25) is 0 Å². The van der Waals surface area contributed by atoms with Crippen molar-refractivity contribution in [1.29, 1.82) is 0 Å². The summed E-state index contributed by atoms with van der Waals surface area (Å²) in [7, 11) is 1.90. The van der Waals surface area contributed by atoms with Gasteiger partial charge >= 0.3 is 0 Å². The number of piperidine rings is 1. The van der Waals surface area contributed by atoms with Crippen molar-refractivity contribution in [3.63, 3.8) is 0 Å². The summed E-state index contributed by atoms with van der Waals surface area (Å²) in [5, 5.41) is 12.8. The molecule has 24 heavy (non-hydrogen) atoms. The van der Waals surface area contributed by atoms with Gasteiger partial charge in [-0.3, -0.25) is 4.79 Å². The summed E-state index contributed by atoms with van der Waals surface area (Å²) in [6, 6.07) is -0.450. The molecular formula is C17H21BFN3O2. The van der Waals surface area contributed by atoms with Gasteiger partial charge in [0.25, 0.3) is 0 Å². The van der Waals surface area contributed by atoms with Gasteiger partial charge in [0.05, 0.1) is 5.69 Å². The number of allylic oxidation sites excluding steroid dienone is 1. The van der Waals surface area contributed by atoms with Gasteiger partial charge in [0, 0.05) is 28.0 Å². The molecule has 0 aromatic heterocycles. The highest BCUT2D eigenvalue weighted by atomic mass is 19.1. The molecule has 3 rings (SSSR count). The second kappa shape index (κ2) is 5.03. The molecule has 0 bridgehead atoms. The fourth-order valence-corrected chi connectivity index (χ4v) is 4.01. The fourth-order valence-electron chi connectivity index (χ4n) is 4.01. The summed E-state index contributed by atoms with van der Waals surface area (Å²) >= 11 is 0. The highest BCUT2D eigenvalue weighted by molar-refractivity contribution is 6.19. The molecule has 5 nitrogen and oxygen atoms in total. The number of carbonyl (C=O) groups is 1. The molecule has 2 aliphatic heterocycles. The van der Waals surface area contributed by atoms with E-state index in [0.29, 0.717) is 35.4 Å². The van der Waals surface area contributed by atoms with Crippen LogP contribution in [0.15, 0.2) is 18.9 Å². The first-order chi connectivity index (χ1) is 11.1. The number of benzene rings is 1. The Bertz CT molecular complexity index is 804. The third-order valence-electron chi connectivity index (χ3n) is 5.11. The molecule has 1 aromatic rings. The van der Waals surface area contributed by atoms with Gasteiger partial charge < -0.3 is 21.1 Å². The van der Waals surface area contributed by atoms with Crippen LogP contribution in [0.4, 0.5) is 10.1 Å². The number of rotatable bonds is 1. The van der Waals surface area contributed by atoms with Crippen LogP contribution in [0.3, 0.4) is 0 Å². The monoisotopic (exact) mass is 329 g/mol. The number of nitrogens with one attached hydrogen (secondary N) is 1. The van der Waals surface area contributed by atoms with E-state index in [9.17, 15) is 14.3 Å². The van der Waals surface area contributed by atoms with Gasteiger partial charge in [-0.05, 0) is 32.3 Å². The Morgan fingerprint density at radius 3 is 2.71 bits per heavy atom. The number of amides is 1. The highest BCUT2D eigenvalue weighted by Crippen LogP contribution is 2.52. The zero-order valence-corrected chi connectivity index (χ0v) is 14.2. The quantitative estimate of drug-likeness (QED) is 0.412. The number of nitrogens with two attached hydrogens (primary N) is 1. The minimum Gasteiger partial charge on any atom is -0.503 e. The fraction of sp³-hybridized carbons (Fsp3) is 0.353. The van der Waals surface area contributed by atoms with Crippen LogP contribution >= 0.6 is 0 Å². The standard InChI is InChI=1S/C17H21BFN3O2/c1-7-5-6-10(16(24)21-7)22-9(3)11-8(2)13(19)15(23)14(20)12(11)17(22,4)18/h10,23H,1,3,5-6,18,20H2,2,4H3,(H,21,24). The van der Waals surface area contributed by atoms with Crippen LogP contribution in [0.5, 0.6) is 5.75 Å². The van der Waals surface area contributed by atoms with Crippen molar-refractivity contribution in [3.8, 4) is 5.75 Å². The SMILES string of the molecule is BC1(C)c2c(N)c(O)c(F)c(C)c2C(=C)N1C1CCC(=C)NC1=O. The zero-order chi connectivity index (χ0) is 18.0. The van der Waals surface area contributed by atoms with Crippen LogP contribution in [0.25, 0.3) is 5.70 Å². The Hall–Kier alpha value is -2.44. The minimum absolute atomic E-state index is 0.00220. The molecule has 2 unspecified atom stereocenters. The lowest BCUT2D eigenvalue weighted by atomic mass is 9.71. The summed E-state index contributed by atoms with van der Waals surface area (Å²) in [4.78, 5) is 14.3. The lowest BCUT2D eigenvalue weighted by molar-refractivity contribution is -0.126. The first-order valence-electron chi connectivity index (χ1n) is 7.87. The number of aromatic hydroxyl groups is 1. The molecule has 0 saturated carbocycles. The number of nitrogens with zero attached hydrogens (tertiary/aromatic N) is 1. The van der Waals surface area contributed by atoms with Crippen LogP contribution in [0.1, 0.15) is 36.5 Å². The zero-order valence-electron chi connectivity index (χ0n) is 14.2. The van der Waals surface area contributed by atoms with Gasteiger partial charge in [-0.2, -0.15) is 0 Å². The molecule has 0 radical (unpaired) electrons. The van der Waals surface area contributed by atoms with Crippen LogP contribution in [-0.4, -0.2) is 29.8 Å². The average molecular weight is 329 g/mol. The van der Waals surface area contributed by atoms with E-state index in [4.69, 9.17) is 5.73 Å². The number of halogens is 1. The molecule has 2 atom stereocenters. The molecule has 7 heteroatoms. The summed E-state index contributed by atoms with van der Waals surface area (Å²) in [5.74, 6) is -1.45. The highest BCUT2D eigenvalue weighted by Gasteiger charge is 2.48. The molecule has 1 fully saturated rings. The Balaban J connectivity index is 2.18. The number of phenols is 1. The summed E-state index contributed by atoms with van der Waals surface area (Å²) < 4.78 is 14.3. The van der Waals surface area contributed by atoms with Crippen molar-refractivity contribution in [2.75, 3.05) is 5.73 Å². The number of hydrogen-bond acceptors (Lipinski definition) is 4. The topological polar surface area (TPSA) is 78.6 Å². The van der Waals surface area contributed by atoms with Crippen molar-refractivity contribution < 1.29 is 14.3 Å². The lowest BCUT2D eigenvalue weighted by Gasteiger charge is -2.42. The maximum Gasteiger partial charge on any atom is 0.246 e. The maximum absolute atomic E-state index is 14.3. The molecule has 0 aliphatic carbocycles. The number of nitrogen functional groups attached to an aromatic ring is 1. The van der Waals surface area contributed by atoms with Crippen LogP contribution < -0.4 is 11.1 Å². The molecular weight excluding hydrogens is 308 g/mol. The molecule has 1 aromatic carbocycles. The van der Waals surface area contributed by atoms with Crippen LogP contribution in [0, 0.1) is 12.7 Å². The third-order valence-corrected chi connectivity index (χ3v) is 5.11. The first kappa shape index (κ1) is 16.4. The van der Waals surface area contributed by atoms with E-state index in [1.807, 2.05) is 19.7 Å². The van der Waals surface area contributed by atoms with Crippen molar-refractivity contribution in [2.45, 2.75) is 38.2 Å². The van der Waals surface area contributed by atoms with E-state index in [1.165, 1.54) is 0 Å². The van der Waals surface area contributed by atoms with Gasteiger partial charge in [-0.1, -0.05) is 13.2 Å². The molecule has 4 N–H and O–H groups in total. The van der Waals surface area contributed by atoms with Crippen molar-refractivity contribution in [2.24, 2.45) is 0 Å². The van der Waals surface area contributed by atoms with Gasteiger partial charge in [0.2, 0.25) is 5.91 Å². The van der Waals surface area contributed by atoms with Crippen molar-refractivity contribution >= 4 is 25.1 Å². The van der Waals surface area contributed by atoms with Gasteiger partial charge in [0.15, 0.2) is 11.6 Å². The Morgan fingerprint density at radius 2 is 2.12 bits per heavy atom. The number of hydrogen-bond donors (Lipinski definition) is 3. The second-order valence-electron chi connectivity index (χ2n) is 6.97. The van der Waals surface area contributed by atoms with E-state index in [2.05, 4.69) is 18.5 Å². The Labute approximate surface area is 141 Å². The molecule has 0 spiro atoms. The molecule has 2 heterocycles. The van der Waals surface area contributed by atoms with E-state index in [-0.39, 0.29) is 17.2 Å². The Morgan fingerprint density at radius 1 is 1.50 bits per heavy atom. The number of carbonyl (C=O) groups excluding carboxylic acids is 1. The predicted molar refractivity (Wildman–Crippen MR) is 94.3 cm³/mol. The number of fused-ring (bicyclic) bond motifs is 1. The third kappa shape index (κ3) is 1.97. The van der Waals surface area contributed by atoms with Gasteiger partial charge in [-0.15, -0.1) is 0 Å². The Kier molecular flexibility index (Phi) is 3.44. The van der Waals surface area contributed by atoms with Crippen molar-refractivity contribution in [1.82, 2.24) is 10.2 Å². The molecule has 2 aliphatic rings. The van der Waals surface area contributed by atoms with E-state index >= 15 is 0 Å². The summed E-state index contributed by atoms with van der Waals surface area (Å²) in [6.45, 7) is 11.4. The van der Waals surface area contributed by atoms with Gasteiger partial charge in [0.1, 0.15) is 13.9 Å². The molecule has 1 saturated heterocycles. The molecule has 126 valence electrons.